The van der Waals surface area contributed by atoms with Crippen molar-refractivity contribution >= 4 is 17.6 Å². The predicted octanol–water partition coefficient (Wildman–Crippen LogP) is 4.19. The van der Waals surface area contributed by atoms with Crippen LogP contribution in [-0.4, -0.2) is 54.5 Å². The maximum Gasteiger partial charge on any atom is 0.414 e. The van der Waals surface area contributed by atoms with Crippen LogP contribution >= 0.6 is 0 Å². The number of ether oxygens (including phenoxy) is 1. The zero-order chi connectivity index (χ0) is 23.8. The third-order valence-corrected chi connectivity index (χ3v) is 6.68. The van der Waals surface area contributed by atoms with Crippen LogP contribution in [0.15, 0.2) is 48.2 Å². The number of likely N-dealkylation sites (tertiary alicyclic amines) is 1. The summed E-state index contributed by atoms with van der Waals surface area (Å²) in [5.74, 6) is 0.309. The highest BCUT2D eigenvalue weighted by atomic mass is 16.6. The topological polar surface area (TPSA) is 61.9 Å². The summed E-state index contributed by atoms with van der Waals surface area (Å²) in [7, 11) is 3.31. The van der Waals surface area contributed by atoms with E-state index in [2.05, 4.69) is 46.6 Å². The number of benzene rings is 2. The maximum atomic E-state index is 13.4. The highest BCUT2D eigenvalue weighted by Gasteiger charge is 2.50. The van der Waals surface area contributed by atoms with Gasteiger partial charge >= 0.3 is 6.09 Å². The number of piperidine rings is 1. The zero-order valence-electron chi connectivity index (χ0n) is 20.2. The largest absolute Gasteiger partial charge is 0.414 e. The molecule has 0 radical (unpaired) electrons. The molecule has 1 spiro atoms. The summed E-state index contributed by atoms with van der Waals surface area (Å²) in [6, 6.07) is 14.5. The Labute approximate surface area is 196 Å². The number of rotatable bonds is 4. The van der Waals surface area contributed by atoms with E-state index in [1.807, 2.05) is 26.8 Å². The Bertz CT molecular complexity index is 1070. The van der Waals surface area contributed by atoms with Crippen molar-refractivity contribution in [3.05, 3.63) is 76.0 Å². The summed E-state index contributed by atoms with van der Waals surface area (Å²) in [4.78, 5) is 29.8. The maximum absolute atomic E-state index is 13.4. The summed E-state index contributed by atoms with van der Waals surface area (Å²) in [6.07, 6.45) is 0.914. The van der Waals surface area contributed by atoms with E-state index in [0.717, 1.165) is 41.9 Å². The van der Waals surface area contributed by atoms with Crippen LogP contribution in [0.1, 0.15) is 40.7 Å². The lowest BCUT2D eigenvalue weighted by molar-refractivity contribution is -0.116. The van der Waals surface area contributed by atoms with E-state index < -0.39 is 11.6 Å². The number of carbonyl (C=O) groups excluding carboxylic acids is 2. The smallest absolute Gasteiger partial charge is 0.411 e. The molecule has 2 heterocycles. The number of amides is 2. The molecule has 4 rings (SSSR count). The van der Waals surface area contributed by atoms with E-state index in [1.165, 1.54) is 10.5 Å². The molecule has 2 aromatic rings. The first kappa shape index (κ1) is 23.1. The van der Waals surface area contributed by atoms with Gasteiger partial charge in [0.25, 0.3) is 5.91 Å². The Hall–Kier alpha value is -3.12. The number of nitrogens with zero attached hydrogens (tertiary/aromatic N) is 2. The van der Waals surface area contributed by atoms with Gasteiger partial charge in [-0.3, -0.25) is 9.69 Å². The summed E-state index contributed by atoms with van der Waals surface area (Å²) in [5.41, 5.74) is 5.12. The van der Waals surface area contributed by atoms with Crippen LogP contribution in [0.25, 0.3) is 5.57 Å². The Morgan fingerprint density at radius 3 is 2.24 bits per heavy atom. The lowest BCUT2D eigenvalue weighted by Crippen LogP contribution is -2.53. The van der Waals surface area contributed by atoms with E-state index in [4.69, 9.17) is 4.74 Å². The van der Waals surface area contributed by atoms with Gasteiger partial charge in [-0.25, -0.2) is 4.79 Å². The van der Waals surface area contributed by atoms with E-state index >= 15 is 0 Å². The van der Waals surface area contributed by atoms with Crippen molar-refractivity contribution in [2.24, 2.45) is 0 Å². The molecule has 2 aromatic carbocycles. The standard InChI is InChI=1S/C27H33N3O3/c1-18-15-19(2)22(20(3)16-18)23-24(33-26(32)29(4)5)27(28-25(23)31)11-13-30(14-12-27)17-21-9-7-6-8-10-21/h6-10,15-16H,11-14,17H2,1-5H3,(H,28,31). The third-order valence-electron chi connectivity index (χ3n) is 6.68. The van der Waals surface area contributed by atoms with E-state index in [0.29, 0.717) is 24.2 Å². The highest BCUT2D eigenvalue weighted by molar-refractivity contribution is 6.24. The molecule has 2 aliphatic rings. The van der Waals surface area contributed by atoms with Gasteiger partial charge in [-0.2, -0.15) is 0 Å². The van der Waals surface area contributed by atoms with Gasteiger partial charge < -0.3 is 15.0 Å². The second kappa shape index (κ2) is 9.02. The minimum absolute atomic E-state index is 0.164. The molecule has 0 saturated carbocycles. The van der Waals surface area contributed by atoms with Crippen molar-refractivity contribution in [3.8, 4) is 0 Å². The van der Waals surface area contributed by atoms with Gasteiger partial charge in [0.05, 0.1) is 5.57 Å². The Balaban J connectivity index is 1.70. The number of carbonyl (C=O) groups is 2. The SMILES string of the molecule is Cc1cc(C)c(C2=C(OC(=O)N(C)C)C3(CCN(Cc4ccccc4)CC3)NC2=O)c(C)c1. The van der Waals surface area contributed by atoms with Crippen LogP contribution in [0.2, 0.25) is 0 Å². The molecule has 0 unspecified atom stereocenters. The second-order valence-electron chi connectivity index (χ2n) is 9.54. The van der Waals surface area contributed by atoms with Crippen LogP contribution in [0.3, 0.4) is 0 Å². The molecule has 1 saturated heterocycles. The van der Waals surface area contributed by atoms with Crippen molar-refractivity contribution in [2.75, 3.05) is 27.2 Å². The van der Waals surface area contributed by atoms with Crippen molar-refractivity contribution < 1.29 is 14.3 Å². The lowest BCUT2D eigenvalue weighted by Gasteiger charge is -2.40. The molecular formula is C27H33N3O3. The molecule has 0 bridgehead atoms. The second-order valence-corrected chi connectivity index (χ2v) is 9.54. The molecular weight excluding hydrogens is 414 g/mol. The van der Waals surface area contributed by atoms with Gasteiger partial charge in [-0.15, -0.1) is 0 Å². The zero-order valence-corrected chi connectivity index (χ0v) is 20.2. The fraction of sp³-hybridized carbons (Fsp3) is 0.407. The van der Waals surface area contributed by atoms with Crippen LogP contribution in [0.4, 0.5) is 4.79 Å². The van der Waals surface area contributed by atoms with E-state index in [9.17, 15) is 9.59 Å². The molecule has 6 heteroatoms. The molecule has 1 fully saturated rings. The predicted molar refractivity (Wildman–Crippen MR) is 130 cm³/mol. The average molecular weight is 448 g/mol. The molecule has 0 aliphatic carbocycles. The molecule has 1 N–H and O–H groups in total. The molecule has 174 valence electrons. The van der Waals surface area contributed by atoms with Gasteiger partial charge in [0.1, 0.15) is 11.3 Å². The molecule has 0 aromatic heterocycles. The van der Waals surface area contributed by atoms with Crippen molar-refractivity contribution in [2.45, 2.75) is 45.7 Å². The summed E-state index contributed by atoms with van der Waals surface area (Å²) in [5, 5.41) is 3.23. The van der Waals surface area contributed by atoms with Crippen molar-refractivity contribution in [1.82, 2.24) is 15.1 Å². The van der Waals surface area contributed by atoms with Gasteiger partial charge in [-0.05, 0) is 55.9 Å². The normalized spacial score (nSPS) is 17.9. The van der Waals surface area contributed by atoms with E-state index in [-0.39, 0.29) is 5.91 Å². The number of aryl methyl sites for hydroxylation is 3. The number of hydrogen-bond donors (Lipinski definition) is 1. The van der Waals surface area contributed by atoms with Gasteiger partial charge in [0.15, 0.2) is 0 Å². The Kier molecular flexibility index (Phi) is 6.30. The van der Waals surface area contributed by atoms with Crippen molar-refractivity contribution in [1.29, 1.82) is 0 Å². The first-order chi connectivity index (χ1) is 15.7. The Morgan fingerprint density at radius 2 is 1.67 bits per heavy atom. The number of nitrogens with one attached hydrogen (secondary N) is 1. The van der Waals surface area contributed by atoms with Crippen molar-refractivity contribution in [3.63, 3.8) is 0 Å². The van der Waals surface area contributed by atoms with Gasteiger partial charge in [-0.1, -0.05) is 48.0 Å². The lowest BCUT2D eigenvalue weighted by atomic mass is 9.84. The molecule has 6 nitrogen and oxygen atoms in total. The van der Waals surface area contributed by atoms with Crippen LogP contribution in [-0.2, 0) is 16.1 Å². The first-order valence-electron chi connectivity index (χ1n) is 11.5. The van der Waals surface area contributed by atoms with Crippen LogP contribution < -0.4 is 5.32 Å². The van der Waals surface area contributed by atoms with Crippen LogP contribution in [0, 0.1) is 20.8 Å². The molecule has 2 aliphatic heterocycles. The summed E-state index contributed by atoms with van der Waals surface area (Å²) < 4.78 is 5.96. The minimum Gasteiger partial charge on any atom is -0.411 e. The minimum atomic E-state index is -0.672. The van der Waals surface area contributed by atoms with E-state index in [1.54, 1.807) is 14.1 Å². The number of hydrogen-bond acceptors (Lipinski definition) is 4. The monoisotopic (exact) mass is 447 g/mol. The fourth-order valence-corrected chi connectivity index (χ4v) is 5.09. The first-order valence-corrected chi connectivity index (χ1v) is 11.5. The quantitative estimate of drug-likeness (QED) is 0.764. The van der Waals surface area contributed by atoms with Gasteiger partial charge in [0, 0.05) is 33.7 Å². The molecule has 33 heavy (non-hydrogen) atoms. The molecule has 2 amide bonds. The summed E-state index contributed by atoms with van der Waals surface area (Å²) in [6.45, 7) is 8.53. The van der Waals surface area contributed by atoms with Gasteiger partial charge in [0.2, 0.25) is 0 Å². The average Bonchev–Trinajstić information content (AvgIpc) is 3.01. The molecule has 0 atom stereocenters. The Morgan fingerprint density at radius 1 is 1.06 bits per heavy atom. The highest BCUT2D eigenvalue weighted by Crippen LogP contribution is 2.42. The van der Waals surface area contributed by atoms with Crippen LogP contribution in [0.5, 0.6) is 0 Å². The fourth-order valence-electron chi connectivity index (χ4n) is 5.09. The summed E-state index contributed by atoms with van der Waals surface area (Å²) >= 11 is 0. The third kappa shape index (κ3) is 4.53.